The number of fused-ring (bicyclic) bond motifs is 1. The van der Waals surface area contributed by atoms with E-state index in [0.717, 1.165) is 50.0 Å². The number of anilines is 2. The third kappa shape index (κ3) is 8.56. The summed E-state index contributed by atoms with van der Waals surface area (Å²) >= 11 is 1.51. The molecule has 3 saturated heterocycles. The van der Waals surface area contributed by atoms with Gasteiger partial charge in [0.2, 0.25) is 5.91 Å². The molecule has 1 aromatic carbocycles. The summed E-state index contributed by atoms with van der Waals surface area (Å²) in [5, 5.41) is 9.50. The van der Waals surface area contributed by atoms with Crippen molar-refractivity contribution in [2.75, 3.05) is 63.9 Å². The monoisotopic (exact) mass is 757 g/mol. The predicted octanol–water partition coefficient (Wildman–Crippen LogP) is 6.12. The van der Waals surface area contributed by atoms with Gasteiger partial charge in [0.05, 0.1) is 22.5 Å². The lowest BCUT2D eigenvalue weighted by Gasteiger charge is -2.41. The van der Waals surface area contributed by atoms with Gasteiger partial charge in [-0.3, -0.25) is 4.79 Å². The number of nitrogens with one attached hydrogen (secondary N) is 2. The number of amides is 5. The van der Waals surface area contributed by atoms with E-state index in [-0.39, 0.29) is 25.2 Å². The molecule has 5 heterocycles. The van der Waals surface area contributed by atoms with Crippen molar-refractivity contribution in [3.63, 3.8) is 0 Å². The van der Waals surface area contributed by atoms with E-state index in [1.807, 2.05) is 10.8 Å². The smallest absolute Gasteiger partial charge is 0.398 e. The fourth-order valence-electron chi connectivity index (χ4n) is 8.17. The van der Waals surface area contributed by atoms with E-state index in [9.17, 15) is 40.7 Å². The van der Waals surface area contributed by atoms with Gasteiger partial charge in [0.25, 0.3) is 0 Å². The minimum atomic E-state index is -5.18. The molecule has 17 heteroatoms. The van der Waals surface area contributed by atoms with Crippen LogP contribution in [0.15, 0.2) is 22.9 Å². The van der Waals surface area contributed by atoms with Gasteiger partial charge in [0.1, 0.15) is 6.04 Å². The van der Waals surface area contributed by atoms with Crippen LogP contribution in [0.3, 0.4) is 0 Å². The van der Waals surface area contributed by atoms with Crippen LogP contribution >= 0.6 is 11.3 Å². The summed E-state index contributed by atoms with van der Waals surface area (Å²) in [6.07, 6.45) is -5.79. The first-order valence-electron chi connectivity index (χ1n) is 17.8. The fraction of sp³-hybridized carbons (Fsp3) is 0.629. The van der Waals surface area contributed by atoms with Crippen LogP contribution in [0.4, 0.5) is 47.3 Å². The predicted molar refractivity (Wildman–Crippen MR) is 185 cm³/mol. The lowest BCUT2D eigenvalue weighted by molar-refractivity contribution is -0.141. The van der Waals surface area contributed by atoms with Crippen LogP contribution in [0.2, 0.25) is 0 Å². The van der Waals surface area contributed by atoms with E-state index in [4.69, 9.17) is 5.73 Å². The minimum absolute atomic E-state index is 0.142. The second-order valence-corrected chi connectivity index (χ2v) is 15.3. The Kier molecular flexibility index (Phi) is 11.2. The largest absolute Gasteiger partial charge is 0.418 e. The van der Waals surface area contributed by atoms with Crippen LogP contribution < -0.4 is 16.4 Å². The SMILES string of the molecule is CN1CCC(C2CCN(C(=O)[C@@H](Cc3cc(C(F)(F)F)c(N)c(C(F)(F)F)c3)NC(=O)N3CCC(N4CCc5cscc5NC4=O)CC3)CC2)CC1. The fourth-order valence-corrected chi connectivity index (χ4v) is 9.00. The van der Waals surface area contributed by atoms with E-state index in [2.05, 4.69) is 22.6 Å². The molecule has 4 aliphatic heterocycles. The number of carbonyl (C=O) groups excluding carboxylic acids is 3. The van der Waals surface area contributed by atoms with Crippen molar-refractivity contribution in [3.8, 4) is 0 Å². The van der Waals surface area contributed by atoms with Gasteiger partial charge in [0.15, 0.2) is 0 Å². The Balaban J connectivity index is 1.16. The van der Waals surface area contributed by atoms with E-state index < -0.39 is 59.1 Å². The highest BCUT2D eigenvalue weighted by atomic mass is 32.1. The van der Waals surface area contributed by atoms with Gasteiger partial charge in [-0.25, -0.2) is 9.59 Å². The number of thiophene rings is 1. The number of carbonyl (C=O) groups is 3. The van der Waals surface area contributed by atoms with Gasteiger partial charge >= 0.3 is 24.4 Å². The highest BCUT2D eigenvalue weighted by Crippen LogP contribution is 2.42. The van der Waals surface area contributed by atoms with Gasteiger partial charge in [-0.05, 0) is 106 Å². The molecule has 4 aliphatic rings. The standard InChI is InChI=1S/C35H45F6N7O3S/c1-45-9-2-22(3-10-45)23-4-11-46(12-5-23)31(49)28(18-21-16-26(34(36,37)38)30(42)27(17-21)35(39,40)41)43-32(50)47-13-7-25(8-14-47)48-15-6-24-19-52-20-29(24)44-33(48)51/h16-17,19-20,22-23,25,28H,2-15,18,42H2,1H3,(H,43,50)(H,44,51)/t28-/m1/s1. The number of piperidine rings is 3. The Morgan fingerprint density at radius 1 is 0.865 bits per heavy atom. The van der Waals surface area contributed by atoms with Crippen LogP contribution in [0.1, 0.15) is 60.8 Å². The second-order valence-electron chi connectivity index (χ2n) is 14.5. The van der Waals surface area contributed by atoms with Crippen LogP contribution in [-0.2, 0) is 30.0 Å². The van der Waals surface area contributed by atoms with Crippen molar-refractivity contribution < 1.29 is 40.7 Å². The average Bonchev–Trinajstić information content (AvgIpc) is 3.47. The van der Waals surface area contributed by atoms with Crippen LogP contribution in [-0.4, -0.2) is 103 Å². The van der Waals surface area contributed by atoms with Crippen molar-refractivity contribution in [2.24, 2.45) is 11.8 Å². The highest BCUT2D eigenvalue weighted by molar-refractivity contribution is 7.08. The summed E-state index contributed by atoms with van der Waals surface area (Å²) in [5.41, 5.74) is 2.06. The molecule has 0 radical (unpaired) electrons. The Morgan fingerprint density at radius 2 is 1.42 bits per heavy atom. The maximum atomic E-state index is 14.0. The number of halogens is 6. The molecule has 0 unspecified atom stereocenters. The molecular formula is C35H45F6N7O3S. The first kappa shape index (κ1) is 38.0. The number of hydrogen-bond acceptors (Lipinski definition) is 6. The molecule has 286 valence electrons. The summed E-state index contributed by atoms with van der Waals surface area (Å²) in [6, 6.07) is -1.38. The zero-order chi connectivity index (χ0) is 37.4. The van der Waals surface area contributed by atoms with Gasteiger partial charge in [-0.15, -0.1) is 11.3 Å². The summed E-state index contributed by atoms with van der Waals surface area (Å²) < 4.78 is 83.3. The van der Waals surface area contributed by atoms with E-state index in [0.29, 0.717) is 62.9 Å². The van der Waals surface area contributed by atoms with E-state index in [1.165, 1.54) is 16.2 Å². The van der Waals surface area contributed by atoms with Crippen molar-refractivity contribution in [2.45, 2.75) is 75.8 Å². The molecule has 6 rings (SSSR count). The van der Waals surface area contributed by atoms with Crippen LogP contribution in [0, 0.1) is 11.8 Å². The molecule has 2 aromatic rings. The second kappa shape index (κ2) is 15.3. The molecule has 52 heavy (non-hydrogen) atoms. The molecule has 0 bridgehead atoms. The van der Waals surface area contributed by atoms with Crippen LogP contribution in [0.5, 0.6) is 0 Å². The molecule has 0 saturated carbocycles. The Labute approximate surface area is 302 Å². The maximum absolute atomic E-state index is 14.0. The number of benzene rings is 1. The summed E-state index contributed by atoms with van der Waals surface area (Å²) in [5.74, 6) is 0.375. The van der Waals surface area contributed by atoms with E-state index in [1.54, 1.807) is 9.80 Å². The molecule has 10 nitrogen and oxygen atoms in total. The number of hydrogen-bond donors (Lipinski definition) is 3. The first-order chi connectivity index (χ1) is 24.6. The lowest BCUT2D eigenvalue weighted by Crippen LogP contribution is -2.57. The normalized spacial score (nSPS) is 21.1. The molecular weight excluding hydrogens is 712 g/mol. The Bertz CT molecular complexity index is 1580. The topological polar surface area (TPSA) is 114 Å². The molecule has 0 spiro atoms. The minimum Gasteiger partial charge on any atom is -0.398 e. The molecule has 5 amide bonds. The van der Waals surface area contributed by atoms with Crippen molar-refractivity contribution in [3.05, 3.63) is 45.1 Å². The average molecular weight is 758 g/mol. The van der Waals surface area contributed by atoms with Crippen molar-refractivity contribution in [1.29, 1.82) is 0 Å². The number of rotatable bonds is 6. The van der Waals surface area contributed by atoms with Crippen molar-refractivity contribution >= 4 is 40.7 Å². The number of urea groups is 2. The number of nitrogens with two attached hydrogens (primary N) is 1. The maximum Gasteiger partial charge on any atom is 0.418 e. The zero-order valence-electron chi connectivity index (χ0n) is 29.0. The van der Waals surface area contributed by atoms with Crippen molar-refractivity contribution in [1.82, 2.24) is 24.9 Å². The highest BCUT2D eigenvalue weighted by Gasteiger charge is 2.42. The summed E-state index contributed by atoms with van der Waals surface area (Å²) in [4.78, 5) is 47.8. The number of alkyl halides is 6. The lowest BCUT2D eigenvalue weighted by atomic mass is 9.79. The number of likely N-dealkylation sites (tertiary alicyclic amines) is 3. The number of nitrogens with zero attached hydrogens (tertiary/aromatic N) is 4. The molecule has 0 aliphatic carbocycles. The van der Waals surface area contributed by atoms with Gasteiger partial charge in [0, 0.05) is 50.6 Å². The van der Waals surface area contributed by atoms with E-state index >= 15 is 0 Å². The van der Waals surface area contributed by atoms with Gasteiger partial charge < -0.3 is 36.0 Å². The third-order valence-electron chi connectivity index (χ3n) is 11.2. The Hall–Kier alpha value is -3.73. The molecule has 1 atom stereocenters. The zero-order valence-corrected chi connectivity index (χ0v) is 29.8. The summed E-state index contributed by atoms with van der Waals surface area (Å²) in [7, 11) is 2.08. The Morgan fingerprint density at radius 3 is 2.00 bits per heavy atom. The van der Waals surface area contributed by atoms with Gasteiger partial charge in [-0.1, -0.05) is 0 Å². The van der Waals surface area contributed by atoms with Crippen LogP contribution in [0.25, 0.3) is 0 Å². The quantitative estimate of drug-likeness (QED) is 0.243. The molecule has 3 fully saturated rings. The molecule has 4 N–H and O–H groups in total. The third-order valence-corrected chi connectivity index (χ3v) is 12.0. The number of nitrogen functional groups attached to an aromatic ring is 1. The van der Waals surface area contributed by atoms with Gasteiger partial charge in [-0.2, -0.15) is 26.3 Å². The first-order valence-corrected chi connectivity index (χ1v) is 18.7. The molecule has 1 aromatic heterocycles. The summed E-state index contributed by atoms with van der Waals surface area (Å²) in [6.45, 7) is 3.74.